The van der Waals surface area contributed by atoms with Crippen molar-refractivity contribution in [3.63, 3.8) is 0 Å². The molecule has 10 heteroatoms. The van der Waals surface area contributed by atoms with E-state index in [1.165, 1.54) is 30.7 Å². The number of carbonyl (C=O) groups is 1. The number of nitro benzene ring substituents is 1. The number of nitrogens with zero attached hydrogens (tertiary/aromatic N) is 4. The van der Waals surface area contributed by atoms with Gasteiger partial charge in [-0.3, -0.25) is 24.3 Å². The Balaban J connectivity index is 1.86. The normalized spacial score (nSPS) is 10.6. The SMILES string of the molecule is O=C(Cn1cnc2cc([N+](=O)[O-])ccc2c1=O)Nc1cccnc1Cl. The number of non-ortho nitro benzene ring substituents is 1. The molecular weight excluding hydrogens is 350 g/mol. The molecule has 0 unspecified atom stereocenters. The number of benzene rings is 1. The Morgan fingerprint density at radius 2 is 2.12 bits per heavy atom. The molecule has 0 saturated carbocycles. The lowest BCUT2D eigenvalue weighted by molar-refractivity contribution is -0.384. The average molecular weight is 360 g/mol. The summed E-state index contributed by atoms with van der Waals surface area (Å²) in [6.45, 7) is -0.288. The van der Waals surface area contributed by atoms with Gasteiger partial charge in [0, 0.05) is 18.3 Å². The van der Waals surface area contributed by atoms with Crippen LogP contribution in [0.15, 0.2) is 47.7 Å². The fourth-order valence-electron chi connectivity index (χ4n) is 2.20. The fraction of sp³-hybridized carbons (Fsp3) is 0.0667. The Kier molecular flexibility index (Phi) is 4.40. The third-order valence-electron chi connectivity index (χ3n) is 3.37. The summed E-state index contributed by atoms with van der Waals surface area (Å²) in [6.07, 6.45) is 2.65. The number of aromatic nitrogens is 3. The standard InChI is InChI=1S/C15H10ClN5O4/c16-14-11(2-1-5-17-14)19-13(22)7-20-8-18-12-6-9(21(24)25)3-4-10(12)15(20)23/h1-6,8H,7H2,(H,19,22). The van der Waals surface area contributed by atoms with E-state index in [-0.39, 0.29) is 28.3 Å². The third kappa shape index (κ3) is 3.45. The molecule has 0 fully saturated rings. The molecule has 0 spiro atoms. The summed E-state index contributed by atoms with van der Waals surface area (Å²) in [6, 6.07) is 6.92. The Morgan fingerprint density at radius 3 is 2.84 bits per heavy atom. The third-order valence-corrected chi connectivity index (χ3v) is 3.67. The van der Waals surface area contributed by atoms with Crippen molar-refractivity contribution in [3.8, 4) is 0 Å². The van der Waals surface area contributed by atoms with Crippen LogP contribution in [0.25, 0.3) is 10.9 Å². The van der Waals surface area contributed by atoms with Gasteiger partial charge in [-0.2, -0.15) is 0 Å². The first-order valence-corrected chi connectivity index (χ1v) is 7.37. The van der Waals surface area contributed by atoms with Gasteiger partial charge >= 0.3 is 0 Å². The lowest BCUT2D eigenvalue weighted by Gasteiger charge is -2.08. The lowest BCUT2D eigenvalue weighted by Crippen LogP contribution is -2.28. The summed E-state index contributed by atoms with van der Waals surface area (Å²) in [5.74, 6) is -0.486. The minimum absolute atomic E-state index is 0.132. The zero-order chi connectivity index (χ0) is 18.0. The molecule has 0 aliphatic rings. The highest BCUT2D eigenvalue weighted by Gasteiger charge is 2.13. The monoisotopic (exact) mass is 359 g/mol. The number of amides is 1. The molecule has 0 saturated heterocycles. The van der Waals surface area contributed by atoms with Crippen LogP contribution in [-0.2, 0) is 11.3 Å². The summed E-state index contributed by atoms with van der Waals surface area (Å²) >= 11 is 5.86. The molecule has 0 aliphatic heterocycles. The van der Waals surface area contributed by atoms with Crippen LogP contribution in [0.3, 0.4) is 0 Å². The van der Waals surface area contributed by atoms with E-state index in [2.05, 4.69) is 15.3 Å². The molecule has 0 atom stereocenters. The second-order valence-electron chi connectivity index (χ2n) is 5.03. The molecule has 126 valence electrons. The zero-order valence-corrected chi connectivity index (χ0v) is 13.3. The summed E-state index contributed by atoms with van der Waals surface area (Å²) in [7, 11) is 0. The molecule has 0 radical (unpaired) electrons. The van der Waals surface area contributed by atoms with Gasteiger partial charge in [0.25, 0.3) is 11.2 Å². The van der Waals surface area contributed by atoms with Crippen molar-refractivity contribution >= 4 is 39.8 Å². The number of rotatable bonds is 4. The van der Waals surface area contributed by atoms with Gasteiger partial charge in [-0.25, -0.2) is 9.97 Å². The van der Waals surface area contributed by atoms with Crippen molar-refractivity contribution in [2.24, 2.45) is 0 Å². The first-order chi connectivity index (χ1) is 12.0. The number of nitrogens with one attached hydrogen (secondary N) is 1. The molecule has 1 aromatic carbocycles. The number of carbonyl (C=O) groups excluding carboxylic acids is 1. The average Bonchev–Trinajstić information content (AvgIpc) is 2.59. The smallest absolute Gasteiger partial charge is 0.271 e. The van der Waals surface area contributed by atoms with Crippen LogP contribution in [0.1, 0.15) is 0 Å². The molecule has 0 bridgehead atoms. The second kappa shape index (κ2) is 6.65. The molecule has 3 aromatic rings. The Hall–Kier alpha value is -3.33. The molecule has 0 aliphatic carbocycles. The van der Waals surface area contributed by atoms with Gasteiger partial charge in [0.1, 0.15) is 6.54 Å². The molecular formula is C15H10ClN5O4. The second-order valence-corrected chi connectivity index (χ2v) is 5.38. The van der Waals surface area contributed by atoms with E-state index in [1.807, 2.05) is 0 Å². The number of halogens is 1. The van der Waals surface area contributed by atoms with Crippen molar-refractivity contribution in [1.29, 1.82) is 0 Å². The van der Waals surface area contributed by atoms with Crippen molar-refractivity contribution in [3.05, 3.63) is 68.5 Å². The Labute approximate surface area is 145 Å². The first-order valence-electron chi connectivity index (χ1n) is 6.99. The lowest BCUT2D eigenvalue weighted by atomic mass is 10.2. The van der Waals surface area contributed by atoms with Crippen LogP contribution in [0, 0.1) is 10.1 Å². The molecule has 9 nitrogen and oxygen atoms in total. The van der Waals surface area contributed by atoms with Crippen molar-refractivity contribution < 1.29 is 9.72 Å². The van der Waals surface area contributed by atoms with E-state index in [9.17, 15) is 19.7 Å². The van der Waals surface area contributed by atoms with Gasteiger partial charge in [0.2, 0.25) is 5.91 Å². The number of pyridine rings is 1. The van der Waals surface area contributed by atoms with Crippen LogP contribution in [0.5, 0.6) is 0 Å². The van der Waals surface area contributed by atoms with Gasteiger partial charge in [-0.15, -0.1) is 0 Å². The number of hydrogen-bond donors (Lipinski definition) is 1. The van der Waals surface area contributed by atoms with Crippen LogP contribution in [0.2, 0.25) is 5.15 Å². The molecule has 3 rings (SSSR count). The summed E-state index contributed by atoms with van der Waals surface area (Å²) in [5, 5.41) is 13.6. The van der Waals surface area contributed by atoms with Crippen LogP contribution in [0.4, 0.5) is 11.4 Å². The van der Waals surface area contributed by atoms with E-state index >= 15 is 0 Å². The van der Waals surface area contributed by atoms with Gasteiger partial charge in [0.15, 0.2) is 5.15 Å². The van der Waals surface area contributed by atoms with Crippen molar-refractivity contribution in [2.45, 2.75) is 6.54 Å². The predicted octanol–water partition coefficient (Wildman–Crippen LogP) is 1.99. The fourth-order valence-corrected chi connectivity index (χ4v) is 2.36. The summed E-state index contributed by atoms with van der Waals surface area (Å²) in [5.41, 5.74) is -0.133. The van der Waals surface area contributed by atoms with E-state index in [4.69, 9.17) is 11.6 Å². The van der Waals surface area contributed by atoms with E-state index in [1.54, 1.807) is 12.1 Å². The molecule has 2 aromatic heterocycles. The van der Waals surface area contributed by atoms with Crippen LogP contribution < -0.4 is 10.9 Å². The summed E-state index contributed by atoms with van der Waals surface area (Å²) in [4.78, 5) is 42.5. The number of fused-ring (bicyclic) bond motifs is 1. The highest BCUT2D eigenvalue weighted by atomic mass is 35.5. The predicted molar refractivity (Wildman–Crippen MR) is 90.5 cm³/mol. The topological polar surface area (TPSA) is 120 Å². The quantitative estimate of drug-likeness (QED) is 0.432. The summed E-state index contributed by atoms with van der Waals surface area (Å²) < 4.78 is 1.10. The van der Waals surface area contributed by atoms with Gasteiger partial charge in [0.05, 0.1) is 27.8 Å². The van der Waals surface area contributed by atoms with E-state index in [0.717, 1.165) is 4.57 Å². The van der Waals surface area contributed by atoms with Crippen molar-refractivity contribution in [1.82, 2.24) is 14.5 Å². The molecule has 1 N–H and O–H groups in total. The number of hydrogen-bond acceptors (Lipinski definition) is 6. The maximum atomic E-state index is 12.4. The number of anilines is 1. The number of nitro groups is 1. The minimum Gasteiger partial charge on any atom is -0.322 e. The first kappa shape index (κ1) is 16.5. The van der Waals surface area contributed by atoms with Gasteiger partial charge < -0.3 is 5.32 Å². The maximum Gasteiger partial charge on any atom is 0.271 e. The minimum atomic E-state index is -0.572. The Morgan fingerprint density at radius 1 is 1.32 bits per heavy atom. The molecule has 2 heterocycles. The Bertz CT molecular complexity index is 1050. The zero-order valence-electron chi connectivity index (χ0n) is 12.5. The van der Waals surface area contributed by atoms with Crippen LogP contribution in [-0.4, -0.2) is 25.4 Å². The van der Waals surface area contributed by atoms with Gasteiger partial charge in [-0.1, -0.05) is 11.6 Å². The molecule has 1 amide bonds. The molecule has 25 heavy (non-hydrogen) atoms. The van der Waals surface area contributed by atoms with E-state index in [0.29, 0.717) is 5.69 Å². The van der Waals surface area contributed by atoms with Crippen molar-refractivity contribution in [2.75, 3.05) is 5.32 Å². The van der Waals surface area contributed by atoms with Crippen LogP contribution >= 0.6 is 11.6 Å². The maximum absolute atomic E-state index is 12.4. The van der Waals surface area contributed by atoms with E-state index < -0.39 is 16.4 Å². The highest BCUT2D eigenvalue weighted by molar-refractivity contribution is 6.32. The van der Waals surface area contributed by atoms with Gasteiger partial charge in [-0.05, 0) is 18.2 Å². The highest BCUT2D eigenvalue weighted by Crippen LogP contribution is 2.18. The largest absolute Gasteiger partial charge is 0.322 e.